The number of pyridine rings is 1. The molecule has 7 nitrogen and oxygen atoms in total. The van der Waals surface area contributed by atoms with E-state index in [9.17, 15) is 14.4 Å². The average molecular weight is 318 g/mol. The zero-order valence-electron chi connectivity index (χ0n) is 13.0. The van der Waals surface area contributed by atoms with Gasteiger partial charge in [0.15, 0.2) is 0 Å². The molecule has 7 heteroatoms. The Morgan fingerprint density at radius 3 is 2.87 bits per heavy atom. The number of carbonyl (C=O) groups excluding carboxylic acids is 2. The van der Waals surface area contributed by atoms with Gasteiger partial charge < -0.3 is 20.1 Å². The molecule has 1 saturated carbocycles. The Labute approximate surface area is 134 Å². The predicted molar refractivity (Wildman–Crippen MR) is 84.9 cm³/mol. The van der Waals surface area contributed by atoms with Crippen LogP contribution in [0, 0.1) is 0 Å². The number of hydrogen-bond donors (Lipinski definition) is 2. The summed E-state index contributed by atoms with van der Waals surface area (Å²) in [6, 6.07) is 4.74. The molecule has 2 heterocycles. The van der Waals surface area contributed by atoms with Gasteiger partial charge >= 0.3 is 0 Å². The maximum absolute atomic E-state index is 12.5. The van der Waals surface area contributed by atoms with E-state index in [1.165, 1.54) is 10.6 Å². The SMILES string of the molecule is O=C(NC1CC1)[C@@H]1CNCCN1C(=O)CCn1ccccc1=O. The van der Waals surface area contributed by atoms with Crippen molar-refractivity contribution < 1.29 is 9.59 Å². The highest BCUT2D eigenvalue weighted by molar-refractivity contribution is 5.88. The lowest BCUT2D eigenvalue weighted by Gasteiger charge is -2.35. The van der Waals surface area contributed by atoms with Crippen molar-refractivity contribution in [1.29, 1.82) is 0 Å². The van der Waals surface area contributed by atoms with Gasteiger partial charge in [0, 0.05) is 50.9 Å². The summed E-state index contributed by atoms with van der Waals surface area (Å²) in [5, 5.41) is 6.13. The standard InChI is InChI=1S/C16H22N4O3/c21-14-3-1-2-8-19(14)9-6-15(22)20-10-7-17-11-13(20)16(23)18-12-4-5-12/h1-3,8,12-13,17H,4-7,9-11H2,(H,18,23)/t13-/m0/s1. The normalized spacial score (nSPS) is 21.0. The molecule has 0 unspecified atom stereocenters. The monoisotopic (exact) mass is 318 g/mol. The number of piperazine rings is 1. The van der Waals surface area contributed by atoms with Crippen molar-refractivity contribution in [2.24, 2.45) is 0 Å². The van der Waals surface area contributed by atoms with Crippen LogP contribution in [0.15, 0.2) is 29.2 Å². The lowest BCUT2D eigenvalue weighted by atomic mass is 10.1. The molecule has 2 N–H and O–H groups in total. The molecule has 1 saturated heterocycles. The lowest BCUT2D eigenvalue weighted by Crippen LogP contribution is -2.59. The number of nitrogens with zero attached hydrogens (tertiary/aromatic N) is 2. The molecule has 3 rings (SSSR count). The largest absolute Gasteiger partial charge is 0.352 e. The molecule has 1 aromatic heterocycles. The summed E-state index contributed by atoms with van der Waals surface area (Å²) in [6.45, 7) is 2.02. The molecule has 1 aliphatic carbocycles. The highest BCUT2D eigenvalue weighted by Gasteiger charge is 2.34. The van der Waals surface area contributed by atoms with Crippen LogP contribution in [0.2, 0.25) is 0 Å². The number of nitrogens with one attached hydrogen (secondary N) is 2. The Bertz CT molecular complexity index is 638. The van der Waals surface area contributed by atoms with Crippen LogP contribution in [0.1, 0.15) is 19.3 Å². The Kier molecular flexibility index (Phi) is 4.76. The quantitative estimate of drug-likeness (QED) is 0.753. The highest BCUT2D eigenvalue weighted by atomic mass is 16.2. The van der Waals surface area contributed by atoms with E-state index in [0.717, 1.165) is 12.8 Å². The van der Waals surface area contributed by atoms with Crippen LogP contribution in [-0.2, 0) is 16.1 Å². The first-order chi connectivity index (χ1) is 11.1. The van der Waals surface area contributed by atoms with Crippen molar-refractivity contribution in [2.45, 2.75) is 37.9 Å². The van der Waals surface area contributed by atoms with E-state index in [4.69, 9.17) is 0 Å². The summed E-state index contributed by atoms with van der Waals surface area (Å²) in [4.78, 5) is 38.1. The second-order valence-electron chi connectivity index (χ2n) is 6.07. The van der Waals surface area contributed by atoms with Crippen LogP contribution in [-0.4, -0.2) is 53.0 Å². The minimum Gasteiger partial charge on any atom is -0.352 e. The van der Waals surface area contributed by atoms with Crippen molar-refractivity contribution in [3.63, 3.8) is 0 Å². The van der Waals surface area contributed by atoms with E-state index < -0.39 is 6.04 Å². The molecule has 2 aliphatic rings. The minimum atomic E-state index is -0.454. The predicted octanol–water partition coefficient (Wildman–Crippen LogP) is -0.683. The molecule has 1 aliphatic heterocycles. The maximum Gasteiger partial charge on any atom is 0.250 e. The lowest BCUT2D eigenvalue weighted by molar-refractivity contribution is -0.141. The molecule has 1 atom stereocenters. The van der Waals surface area contributed by atoms with Gasteiger partial charge in [-0.2, -0.15) is 0 Å². The first-order valence-electron chi connectivity index (χ1n) is 8.11. The van der Waals surface area contributed by atoms with Gasteiger partial charge in [0.05, 0.1) is 0 Å². The van der Waals surface area contributed by atoms with Crippen molar-refractivity contribution in [3.8, 4) is 0 Å². The summed E-state index contributed by atoms with van der Waals surface area (Å²) in [7, 11) is 0. The molecule has 2 fully saturated rings. The van der Waals surface area contributed by atoms with Gasteiger partial charge in [0.25, 0.3) is 5.56 Å². The van der Waals surface area contributed by atoms with Gasteiger partial charge in [0.2, 0.25) is 11.8 Å². The van der Waals surface area contributed by atoms with Crippen LogP contribution < -0.4 is 16.2 Å². The summed E-state index contributed by atoms with van der Waals surface area (Å²) in [5.41, 5.74) is -0.122. The molecule has 0 spiro atoms. The fraction of sp³-hybridized carbons (Fsp3) is 0.562. The average Bonchev–Trinajstić information content (AvgIpc) is 3.38. The number of aryl methyl sites for hydroxylation is 1. The topological polar surface area (TPSA) is 83.4 Å². The third-order valence-corrected chi connectivity index (χ3v) is 4.26. The zero-order chi connectivity index (χ0) is 16.2. The molecule has 0 bridgehead atoms. The van der Waals surface area contributed by atoms with Crippen molar-refractivity contribution in [1.82, 2.24) is 20.1 Å². The third kappa shape index (κ3) is 3.98. The Balaban J connectivity index is 1.60. The van der Waals surface area contributed by atoms with Gasteiger partial charge in [-0.05, 0) is 18.9 Å². The Morgan fingerprint density at radius 2 is 2.13 bits per heavy atom. The summed E-state index contributed by atoms with van der Waals surface area (Å²) in [5.74, 6) is -0.164. The molecule has 23 heavy (non-hydrogen) atoms. The van der Waals surface area contributed by atoms with Gasteiger partial charge in [-0.3, -0.25) is 14.4 Å². The van der Waals surface area contributed by atoms with Gasteiger partial charge in [-0.25, -0.2) is 0 Å². The van der Waals surface area contributed by atoms with Crippen LogP contribution in [0.4, 0.5) is 0 Å². The second kappa shape index (κ2) is 6.95. The molecule has 0 radical (unpaired) electrons. The Morgan fingerprint density at radius 1 is 1.30 bits per heavy atom. The fourth-order valence-corrected chi connectivity index (χ4v) is 2.77. The van der Waals surface area contributed by atoms with E-state index in [2.05, 4.69) is 10.6 Å². The number of rotatable bonds is 5. The second-order valence-corrected chi connectivity index (χ2v) is 6.07. The van der Waals surface area contributed by atoms with Crippen molar-refractivity contribution in [2.75, 3.05) is 19.6 Å². The zero-order valence-corrected chi connectivity index (χ0v) is 13.0. The molecular formula is C16H22N4O3. The van der Waals surface area contributed by atoms with Crippen LogP contribution in [0.5, 0.6) is 0 Å². The van der Waals surface area contributed by atoms with Crippen molar-refractivity contribution >= 4 is 11.8 Å². The minimum absolute atomic E-state index is 0.0788. The first kappa shape index (κ1) is 15.7. The van der Waals surface area contributed by atoms with E-state index in [0.29, 0.717) is 26.2 Å². The van der Waals surface area contributed by atoms with Crippen LogP contribution in [0.25, 0.3) is 0 Å². The third-order valence-electron chi connectivity index (χ3n) is 4.26. The van der Waals surface area contributed by atoms with Crippen LogP contribution in [0.3, 0.4) is 0 Å². The Hall–Kier alpha value is -2.15. The summed E-state index contributed by atoms with van der Waals surface area (Å²) >= 11 is 0. The van der Waals surface area contributed by atoms with Gasteiger partial charge in [-0.1, -0.05) is 6.07 Å². The smallest absolute Gasteiger partial charge is 0.250 e. The molecule has 124 valence electrons. The van der Waals surface area contributed by atoms with Crippen LogP contribution >= 0.6 is 0 Å². The van der Waals surface area contributed by atoms with E-state index in [1.807, 2.05) is 0 Å². The van der Waals surface area contributed by atoms with E-state index in [-0.39, 0.29) is 29.8 Å². The maximum atomic E-state index is 12.5. The fourth-order valence-electron chi connectivity index (χ4n) is 2.77. The highest BCUT2D eigenvalue weighted by Crippen LogP contribution is 2.19. The van der Waals surface area contributed by atoms with E-state index in [1.54, 1.807) is 23.2 Å². The molecule has 1 aromatic rings. The first-order valence-corrected chi connectivity index (χ1v) is 8.11. The molecular weight excluding hydrogens is 296 g/mol. The molecule has 0 aromatic carbocycles. The number of amides is 2. The van der Waals surface area contributed by atoms with E-state index >= 15 is 0 Å². The number of hydrogen-bond acceptors (Lipinski definition) is 4. The van der Waals surface area contributed by atoms with Gasteiger partial charge in [-0.15, -0.1) is 0 Å². The molecule has 2 amide bonds. The number of carbonyl (C=O) groups is 2. The van der Waals surface area contributed by atoms with Crippen molar-refractivity contribution in [3.05, 3.63) is 34.7 Å². The summed E-state index contributed by atoms with van der Waals surface area (Å²) in [6.07, 6.45) is 3.94. The summed E-state index contributed by atoms with van der Waals surface area (Å²) < 4.78 is 1.51. The number of aromatic nitrogens is 1. The van der Waals surface area contributed by atoms with Gasteiger partial charge in [0.1, 0.15) is 6.04 Å².